The van der Waals surface area contributed by atoms with Crippen molar-refractivity contribution in [3.63, 3.8) is 0 Å². The molecule has 0 radical (unpaired) electrons. The van der Waals surface area contributed by atoms with Crippen LogP contribution in [0.1, 0.15) is 38.2 Å². The van der Waals surface area contributed by atoms with Gasteiger partial charge in [-0.3, -0.25) is 4.90 Å². The van der Waals surface area contributed by atoms with Gasteiger partial charge in [0, 0.05) is 28.2 Å². The fraction of sp³-hybridized carbons (Fsp3) is 0.600. The van der Waals surface area contributed by atoms with E-state index in [9.17, 15) is 5.11 Å². The molecule has 106 valence electrons. The lowest BCUT2D eigenvalue weighted by molar-refractivity contribution is 0.0818. The summed E-state index contributed by atoms with van der Waals surface area (Å²) in [6.45, 7) is 3.68. The van der Waals surface area contributed by atoms with Gasteiger partial charge in [0.25, 0.3) is 0 Å². The molecule has 1 aromatic carbocycles. The van der Waals surface area contributed by atoms with E-state index in [1.54, 1.807) is 0 Å². The molecule has 0 aromatic heterocycles. The average Bonchev–Trinajstić information content (AvgIpc) is 2.35. The Morgan fingerprint density at radius 1 is 1.32 bits per heavy atom. The fourth-order valence-corrected chi connectivity index (χ4v) is 3.33. The first-order valence-electron chi connectivity index (χ1n) is 6.93. The van der Waals surface area contributed by atoms with Crippen LogP contribution in [-0.2, 0) is 6.54 Å². The predicted molar refractivity (Wildman–Crippen MR) is 80.8 cm³/mol. The van der Waals surface area contributed by atoms with Gasteiger partial charge in [0.05, 0.1) is 6.10 Å². The first-order valence-corrected chi connectivity index (χ1v) is 7.68. The Labute approximate surface area is 125 Å². The van der Waals surface area contributed by atoms with E-state index >= 15 is 0 Å². The molecule has 1 heterocycles. The number of aliphatic hydroxyl groups excluding tert-OH is 1. The Hall–Kier alpha value is -0.280. The molecular weight excluding hydrogens is 281 g/mol. The van der Waals surface area contributed by atoms with Gasteiger partial charge in [-0.15, -0.1) is 0 Å². The molecule has 2 unspecified atom stereocenters. The highest BCUT2D eigenvalue weighted by Gasteiger charge is 2.24. The van der Waals surface area contributed by atoms with Gasteiger partial charge in [-0.05, 0) is 44.9 Å². The van der Waals surface area contributed by atoms with Crippen LogP contribution in [0.2, 0.25) is 10.0 Å². The van der Waals surface area contributed by atoms with E-state index in [1.165, 1.54) is 12.8 Å². The smallest absolute Gasteiger partial charge is 0.0527 e. The number of aliphatic hydroxyl groups is 1. The summed E-state index contributed by atoms with van der Waals surface area (Å²) < 4.78 is 0. The molecule has 0 saturated carbocycles. The van der Waals surface area contributed by atoms with Crippen LogP contribution in [0.15, 0.2) is 18.2 Å². The van der Waals surface area contributed by atoms with Crippen LogP contribution in [0, 0.1) is 0 Å². The maximum Gasteiger partial charge on any atom is 0.0527 e. The zero-order valence-corrected chi connectivity index (χ0v) is 12.8. The van der Waals surface area contributed by atoms with Crippen molar-refractivity contribution in [1.82, 2.24) is 4.90 Å². The van der Waals surface area contributed by atoms with Crippen LogP contribution in [0.5, 0.6) is 0 Å². The van der Waals surface area contributed by atoms with E-state index in [-0.39, 0.29) is 6.10 Å². The first-order chi connectivity index (χ1) is 9.08. The van der Waals surface area contributed by atoms with Crippen LogP contribution in [0.4, 0.5) is 0 Å². The number of piperidine rings is 1. The largest absolute Gasteiger partial charge is 0.393 e. The summed E-state index contributed by atoms with van der Waals surface area (Å²) in [6.07, 6.45) is 4.16. The number of halogens is 2. The average molecular weight is 302 g/mol. The van der Waals surface area contributed by atoms with Crippen LogP contribution in [0.3, 0.4) is 0 Å². The molecule has 4 heteroatoms. The summed E-state index contributed by atoms with van der Waals surface area (Å²) in [4.78, 5) is 2.41. The first kappa shape index (κ1) is 15.1. The maximum atomic E-state index is 9.62. The lowest BCUT2D eigenvalue weighted by Crippen LogP contribution is -2.40. The van der Waals surface area contributed by atoms with Gasteiger partial charge in [-0.1, -0.05) is 35.7 Å². The van der Waals surface area contributed by atoms with Gasteiger partial charge in [0.1, 0.15) is 0 Å². The van der Waals surface area contributed by atoms with Crippen LogP contribution >= 0.6 is 23.2 Å². The second-order valence-corrected chi connectivity index (χ2v) is 6.22. The van der Waals surface area contributed by atoms with E-state index in [2.05, 4.69) is 4.90 Å². The fourth-order valence-electron chi connectivity index (χ4n) is 2.82. The highest BCUT2D eigenvalue weighted by Crippen LogP contribution is 2.29. The Morgan fingerprint density at radius 2 is 2.00 bits per heavy atom. The van der Waals surface area contributed by atoms with E-state index in [0.717, 1.165) is 41.5 Å². The molecule has 19 heavy (non-hydrogen) atoms. The third-order valence-corrected chi connectivity index (χ3v) is 4.49. The summed E-state index contributed by atoms with van der Waals surface area (Å²) in [6, 6.07) is 6.07. The number of hydrogen-bond donors (Lipinski definition) is 1. The lowest BCUT2D eigenvalue weighted by atomic mass is 9.96. The Kier molecular flexibility index (Phi) is 5.52. The molecule has 2 rings (SSSR count). The van der Waals surface area contributed by atoms with Crippen molar-refractivity contribution in [2.24, 2.45) is 0 Å². The van der Waals surface area contributed by atoms with Crippen molar-refractivity contribution in [3.05, 3.63) is 33.8 Å². The molecule has 0 amide bonds. The summed E-state index contributed by atoms with van der Waals surface area (Å²) >= 11 is 12.5. The normalized spacial score (nSPS) is 22.4. The molecule has 1 fully saturated rings. The number of likely N-dealkylation sites (tertiary alicyclic amines) is 1. The Bertz CT molecular complexity index is 402. The zero-order chi connectivity index (χ0) is 13.8. The molecule has 0 aliphatic carbocycles. The zero-order valence-electron chi connectivity index (χ0n) is 11.3. The summed E-state index contributed by atoms with van der Waals surface area (Å²) in [5.74, 6) is 0. The molecular formula is C15H21Cl2NO. The minimum atomic E-state index is -0.257. The molecule has 1 aromatic rings. The molecule has 0 bridgehead atoms. The molecule has 1 saturated heterocycles. The number of rotatable bonds is 4. The van der Waals surface area contributed by atoms with E-state index in [0.29, 0.717) is 6.04 Å². The summed E-state index contributed by atoms with van der Waals surface area (Å²) in [5, 5.41) is 11.1. The lowest BCUT2D eigenvalue weighted by Gasteiger charge is -2.36. The van der Waals surface area contributed by atoms with Gasteiger partial charge in [0.2, 0.25) is 0 Å². The third-order valence-electron chi connectivity index (χ3n) is 3.79. The minimum absolute atomic E-state index is 0.257. The van der Waals surface area contributed by atoms with Crippen molar-refractivity contribution in [1.29, 1.82) is 0 Å². The maximum absolute atomic E-state index is 9.62. The number of benzene rings is 1. The SMILES string of the molecule is CC(O)CC1CCCCN1Cc1c(Cl)cccc1Cl. The second-order valence-electron chi connectivity index (χ2n) is 5.41. The molecule has 0 spiro atoms. The predicted octanol–water partition coefficient (Wildman–Crippen LogP) is 4.12. The van der Waals surface area contributed by atoms with Crippen LogP contribution in [-0.4, -0.2) is 28.7 Å². The topological polar surface area (TPSA) is 23.5 Å². The summed E-state index contributed by atoms with van der Waals surface area (Å²) in [5.41, 5.74) is 1.00. The van der Waals surface area contributed by atoms with Gasteiger partial charge < -0.3 is 5.11 Å². The monoisotopic (exact) mass is 301 g/mol. The van der Waals surface area contributed by atoms with Gasteiger partial charge >= 0.3 is 0 Å². The third kappa shape index (κ3) is 4.09. The van der Waals surface area contributed by atoms with E-state index in [4.69, 9.17) is 23.2 Å². The Morgan fingerprint density at radius 3 is 2.63 bits per heavy atom. The second kappa shape index (κ2) is 6.94. The van der Waals surface area contributed by atoms with Crippen molar-refractivity contribution in [2.45, 2.75) is 51.3 Å². The molecule has 1 aliphatic rings. The van der Waals surface area contributed by atoms with Crippen LogP contribution in [0.25, 0.3) is 0 Å². The standard InChI is InChI=1S/C15H21Cl2NO/c1-11(19)9-12-5-2-3-8-18(12)10-13-14(16)6-4-7-15(13)17/h4,6-7,11-12,19H,2-3,5,8-10H2,1H3. The molecule has 2 atom stereocenters. The number of hydrogen-bond acceptors (Lipinski definition) is 2. The quantitative estimate of drug-likeness (QED) is 0.904. The number of nitrogens with zero attached hydrogens (tertiary/aromatic N) is 1. The van der Waals surface area contributed by atoms with Crippen molar-refractivity contribution in [2.75, 3.05) is 6.54 Å². The van der Waals surface area contributed by atoms with Gasteiger partial charge in [-0.25, -0.2) is 0 Å². The highest BCUT2D eigenvalue weighted by atomic mass is 35.5. The van der Waals surface area contributed by atoms with Crippen molar-refractivity contribution >= 4 is 23.2 Å². The van der Waals surface area contributed by atoms with Crippen molar-refractivity contribution < 1.29 is 5.11 Å². The van der Waals surface area contributed by atoms with E-state index in [1.807, 2.05) is 25.1 Å². The van der Waals surface area contributed by atoms with Gasteiger partial charge in [-0.2, -0.15) is 0 Å². The van der Waals surface area contributed by atoms with Gasteiger partial charge in [0.15, 0.2) is 0 Å². The molecule has 1 aliphatic heterocycles. The van der Waals surface area contributed by atoms with E-state index < -0.39 is 0 Å². The highest BCUT2D eigenvalue weighted by molar-refractivity contribution is 6.35. The van der Waals surface area contributed by atoms with Crippen LogP contribution < -0.4 is 0 Å². The Balaban J connectivity index is 2.11. The van der Waals surface area contributed by atoms with Crippen molar-refractivity contribution in [3.8, 4) is 0 Å². The summed E-state index contributed by atoms with van der Waals surface area (Å²) in [7, 11) is 0. The minimum Gasteiger partial charge on any atom is -0.393 e. The molecule has 2 nitrogen and oxygen atoms in total. The molecule has 1 N–H and O–H groups in total.